The molecule has 0 unspecified atom stereocenters. The second-order valence-corrected chi connectivity index (χ2v) is 10.5. The van der Waals surface area contributed by atoms with Crippen LogP contribution in [-0.4, -0.2) is 51.2 Å². The highest BCUT2D eigenvalue weighted by molar-refractivity contribution is 7.89. The number of nitrogens with zero attached hydrogens (tertiary/aromatic N) is 1. The quantitative estimate of drug-likeness (QED) is 0.579. The molecule has 1 heterocycles. The summed E-state index contributed by atoms with van der Waals surface area (Å²) in [6.07, 6.45) is 0. The average Bonchev–Trinajstić information content (AvgIpc) is 2.93. The maximum Gasteiger partial charge on any atom is 0.341 e. The highest BCUT2D eigenvalue weighted by atomic mass is 35.5. The first-order chi connectivity index (χ1) is 14.3. The molecule has 2 amide bonds. The number of nitrogens with one attached hydrogen (secondary N) is 2. The largest absolute Gasteiger partial charge is 0.452 e. The number of anilines is 2. The van der Waals surface area contributed by atoms with E-state index in [1.54, 1.807) is 13.8 Å². The fraction of sp³-hybridized carbons (Fsp3) is 0.316. The Morgan fingerprint density at radius 2 is 1.81 bits per heavy atom. The summed E-state index contributed by atoms with van der Waals surface area (Å²) in [6, 6.07) is 3.99. The number of thiophene rings is 1. The Balaban J connectivity index is 2.12. The summed E-state index contributed by atoms with van der Waals surface area (Å²) in [7, 11) is -1.09. The molecule has 0 saturated heterocycles. The van der Waals surface area contributed by atoms with E-state index in [4.69, 9.17) is 16.3 Å². The van der Waals surface area contributed by atoms with Crippen LogP contribution < -0.4 is 10.6 Å². The van der Waals surface area contributed by atoms with E-state index < -0.39 is 28.5 Å². The van der Waals surface area contributed by atoms with Crippen LogP contribution in [0, 0.1) is 13.8 Å². The van der Waals surface area contributed by atoms with Gasteiger partial charge in [0.1, 0.15) is 9.90 Å². The first-order valence-corrected chi connectivity index (χ1v) is 11.5. The van der Waals surface area contributed by atoms with Crippen LogP contribution in [0.3, 0.4) is 0 Å². The number of aryl methyl sites for hydroxylation is 1. The van der Waals surface area contributed by atoms with E-state index >= 15 is 0 Å². The molecule has 0 bridgehead atoms. The van der Waals surface area contributed by atoms with Gasteiger partial charge in [0.2, 0.25) is 15.9 Å². The predicted molar refractivity (Wildman–Crippen MR) is 119 cm³/mol. The smallest absolute Gasteiger partial charge is 0.341 e. The van der Waals surface area contributed by atoms with Crippen LogP contribution in [0.15, 0.2) is 23.1 Å². The van der Waals surface area contributed by atoms with Gasteiger partial charge >= 0.3 is 5.97 Å². The fourth-order valence-corrected chi connectivity index (χ4v) is 4.98. The first kappa shape index (κ1) is 24.8. The third kappa shape index (κ3) is 5.82. The highest BCUT2D eigenvalue weighted by Gasteiger charge is 2.23. The molecule has 2 N–H and O–H groups in total. The lowest BCUT2D eigenvalue weighted by Crippen LogP contribution is -2.24. The zero-order valence-electron chi connectivity index (χ0n) is 17.5. The number of hydrogen-bond acceptors (Lipinski definition) is 7. The van der Waals surface area contributed by atoms with Crippen molar-refractivity contribution in [3.63, 3.8) is 0 Å². The molecule has 12 heteroatoms. The highest BCUT2D eigenvalue weighted by Crippen LogP contribution is 2.33. The monoisotopic (exact) mass is 487 g/mol. The summed E-state index contributed by atoms with van der Waals surface area (Å²) in [5.74, 6) is -1.76. The Morgan fingerprint density at radius 1 is 1.16 bits per heavy atom. The molecule has 0 aliphatic carbocycles. The Hall–Kier alpha value is -2.47. The number of hydrogen-bond donors (Lipinski definition) is 2. The van der Waals surface area contributed by atoms with Gasteiger partial charge in [-0.15, -0.1) is 11.3 Å². The van der Waals surface area contributed by atoms with Crippen molar-refractivity contribution >= 4 is 61.4 Å². The minimum atomic E-state index is -3.81. The Kier molecular flexibility index (Phi) is 7.82. The molecule has 0 atom stereocenters. The third-order valence-electron chi connectivity index (χ3n) is 4.19. The second kappa shape index (κ2) is 9.77. The van der Waals surface area contributed by atoms with Gasteiger partial charge in [-0.1, -0.05) is 11.6 Å². The maximum absolute atomic E-state index is 12.5. The van der Waals surface area contributed by atoms with E-state index in [0.29, 0.717) is 10.6 Å². The summed E-state index contributed by atoms with van der Waals surface area (Å²) in [5, 5.41) is 5.41. The molecule has 31 heavy (non-hydrogen) atoms. The number of carbonyl (C=O) groups excluding carboxylic acids is 3. The maximum atomic E-state index is 12.5. The van der Waals surface area contributed by atoms with E-state index in [0.717, 1.165) is 9.18 Å². The Labute approximate surface area is 189 Å². The van der Waals surface area contributed by atoms with E-state index in [9.17, 15) is 22.8 Å². The summed E-state index contributed by atoms with van der Waals surface area (Å²) < 4.78 is 30.8. The SMILES string of the molecule is CC(=O)Nc1sc(C)c(C)c1C(=O)OCC(=O)Nc1ccc(Cl)c(S(=O)(=O)N(C)C)c1. The third-order valence-corrected chi connectivity index (χ3v) is 7.61. The molecule has 2 rings (SSSR count). The average molecular weight is 488 g/mol. The van der Waals surface area contributed by atoms with Crippen LogP contribution in [-0.2, 0) is 24.3 Å². The summed E-state index contributed by atoms with van der Waals surface area (Å²) in [5.41, 5.74) is 1.01. The molecule has 1 aromatic heterocycles. The van der Waals surface area contributed by atoms with Crippen molar-refractivity contribution in [3.8, 4) is 0 Å². The van der Waals surface area contributed by atoms with Crippen LogP contribution in [0.1, 0.15) is 27.7 Å². The van der Waals surface area contributed by atoms with Crippen LogP contribution in [0.5, 0.6) is 0 Å². The summed E-state index contributed by atoms with van der Waals surface area (Å²) >= 11 is 7.22. The lowest BCUT2D eigenvalue weighted by molar-refractivity contribution is -0.119. The predicted octanol–water partition coefficient (Wildman–Crippen LogP) is 3.02. The standard InChI is InChI=1S/C19H22ClN3O6S2/c1-10-11(2)30-18(21-12(3)24)17(10)19(26)29-9-16(25)22-13-6-7-14(20)15(8-13)31(27,28)23(4)5/h6-8H,9H2,1-5H3,(H,21,24)(H,22,25). The van der Waals surface area contributed by atoms with Crippen molar-refractivity contribution in [1.29, 1.82) is 0 Å². The lowest BCUT2D eigenvalue weighted by Gasteiger charge is -2.14. The normalized spacial score (nSPS) is 11.3. The molecule has 0 aliphatic heterocycles. The van der Waals surface area contributed by atoms with Crippen LogP contribution in [0.2, 0.25) is 5.02 Å². The molecule has 9 nitrogen and oxygen atoms in total. The Morgan fingerprint density at radius 3 is 2.39 bits per heavy atom. The van der Waals surface area contributed by atoms with Gasteiger partial charge in [0.15, 0.2) is 6.61 Å². The molecule has 168 valence electrons. The van der Waals surface area contributed by atoms with Crippen LogP contribution in [0.4, 0.5) is 10.7 Å². The zero-order valence-corrected chi connectivity index (χ0v) is 19.9. The Bertz CT molecular complexity index is 1140. The van der Waals surface area contributed by atoms with Crippen LogP contribution in [0.25, 0.3) is 0 Å². The number of halogens is 1. The number of ether oxygens (including phenoxy) is 1. The molecule has 0 fully saturated rings. The van der Waals surface area contributed by atoms with Crippen molar-refractivity contribution in [2.75, 3.05) is 31.3 Å². The number of benzene rings is 1. The van der Waals surface area contributed by atoms with E-state index in [-0.39, 0.29) is 27.1 Å². The molecule has 0 spiro atoms. The van der Waals surface area contributed by atoms with E-state index in [1.165, 1.54) is 50.6 Å². The van der Waals surface area contributed by atoms with Crippen molar-refractivity contribution in [3.05, 3.63) is 39.2 Å². The molecule has 0 saturated carbocycles. The minimum absolute atomic E-state index is 0.00642. The van der Waals surface area contributed by atoms with Gasteiger partial charge in [0.05, 0.1) is 10.6 Å². The van der Waals surface area contributed by atoms with Crippen LogP contribution >= 0.6 is 22.9 Å². The van der Waals surface area contributed by atoms with Crippen molar-refractivity contribution in [1.82, 2.24) is 4.31 Å². The number of carbonyl (C=O) groups is 3. The number of sulfonamides is 1. The molecule has 0 aliphatic rings. The van der Waals surface area contributed by atoms with Gasteiger partial charge in [-0.2, -0.15) is 0 Å². The zero-order chi connectivity index (χ0) is 23.5. The van der Waals surface area contributed by atoms with Gasteiger partial charge in [0.25, 0.3) is 5.91 Å². The second-order valence-electron chi connectivity index (χ2n) is 6.73. The fourth-order valence-electron chi connectivity index (χ4n) is 2.50. The van der Waals surface area contributed by atoms with Gasteiger partial charge in [-0.25, -0.2) is 17.5 Å². The summed E-state index contributed by atoms with van der Waals surface area (Å²) in [6.45, 7) is 4.23. The topological polar surface area (TPSA) is 122 Å². The van der Waals surface area contributed by atoms with E-state index in [1.807, 2.05) is 0 Å². The molecule has 1 aromatic carbocycles. The molecule has 2 aromatic rings. The number of amides is 2. The number of esters is 1. The van der Waals surface area contributed by atoms with Crippen molar-refractivity contribution in [2.24, 2.45) is 0 Å². The molecule has 0 radical (unpaired) electrons. The van der Waals surface area contributed by atoms with Crippen molar-refractivity contribution in [2.45, 2.75) is 25.7 Å². The minimum Gasteiger partial charge on any atom is -0.452 e. The van der Waals surface area contributed by atoms with Gasteiger partial charge in [0, 0.05) is 31.6 Å². The van der Waals surface area contributed by atoms with Crippen molar-refractivity contribution < 1.29 is 27.5 Å². The molecular weight excluding hydrogens is 466 g/mol. The lowest BCUT2D eigenvalue weighted by atomic mass is 10.1. The van der Waals surface area contributed by atoms with Gasteiger partial charge in [-0.05, 0) is 37.6 Å². The number of rotatable bonds is 7. The summed E-state index contributed by atoms with van der Waals surface area (Å²) in [4.78, 5) is 36.8. The van der Waals surface area contributed by atoms with Gasteiger partial charge in [-0.3, -0.25) is 9.59 Å². The van der Waals surface area contributed by atoms with E-state index in [2.05, 4.69) is 10.6 Å². The van der Waals surface area contributed by atoms with Gasteiger partial charge < -0.3 is 15.4 Å². The molecular formula is C19H22ClN3O6S2. The first-order valence-electron chi connectivity index (χ1n) is 8.91.